The highest BCUT2D eigenvalue weighted by Crippen LogP contribution is 2.25. The number of nitrogens with zero attached hydrogens (tertiary/aromatic N) is 1. The Hall–Kier alpha value is -1.88. The highest BCUT2D eigenvalue weighted by molar-refractivity contribution is 5.63. The van der Waals surface area contributed by atoms with Gasteiger partial charge in [-0.15, -0.1) is 0 Å². The molecule has 0 unspecified atom stereocenters. The van der Waals surface area contributed by atoms with Crippen LogP contribution in [0, 0.1) is 17.5 Å². The number of pyridine rings is 1. The summed E-state index contributed by atoms with van der Waals surface area (Å²) in [6.07, 6.45) is 2.90. The Morgan fingerprint density at radius 1 is 0.941 bits per heavy atom. The summed E-state index contributed by atoms with van der Waals surface area (Å²) in [7, 11) is 0. The maximum Gasteiger partial charge on any atom is 0.161 e. The Morgan fingerprint density at radius 3 is 2.35 bits per heavy atom. The molecule has 0 saturated carbocycles. The zero-order valence-electron chi connectivity index (χ0n) is 8.75. The second kappa shape index (κ2) is 4.55. The van der Waals surface area contributed by atoms with Crippen LogP contribution in [-0.4, -0.2) is 4.98 Å². The van der Waals surface area contributed by atoms with Crippen LogP contribution in [0.5, 0.6) is 0 Å². The quantitative estimate of drug-likeness (QED) is 0.817. The first-order chi connectivity index (χ1) is 8.11. The lowest BCUT2D eigenvalue weighted by molar-refractivity contribution is 0.496. The van der Waals surface area contributed by atoms with Crippen LogP contribution in [0.25, 0.3) is 11.1 Å². The molecule has 0 aliphatic carbocycles. The highest BCUT2D eigenvalue weighted by atomic mass is 19.2. The van der Waals surface area contributed by atoms with Gasteiger partial charge in [0.2, 0.25) is 0 Å². The summed E-state index contributed by atoms with van der Waals surface area (Å²) < 4.78 is 39.3. The van der Waals surface area contributed by atoms with Gasteiger partial charge in [-0.2, -0.15) is 0 Å². The van der Waals surface area contributed by atoms with E-state index in [9.17, 15) is 13.2 Å². The minimum absolute atomic E-state index is 0.0355. The van der Waals surface area contributed by atoms with Gasteiger partial charge < -0.3 is 5.73 Å². The third-order valence-corrected chi connectivity index (χ3v) is 2.35. The lowest BCUT2D eigenvalue weighted by Crippen LogP contribution is -1.98. The van der Waals surface area contributed by atoms with Crippen molar-refractivity contribution in [3.8, 4) is 11.1 Å². The van der Waals surface area contributed by atoms with E-state index in [1.165, 1.54) is 12.4 Å². The van der Waals surface area contributed by atoms with Crippen molar-refractivity contribution in [1.29, 1.82) is 0 Å². The molecule has 0 aliphatic heterocycles. The van der Waals surface area contributed by atoms with Crippen molar-refractivity contribution in [1.82, 2.24) is 4.98 Å². The summed E-state index contributed by atoms with van der Waals surface area (Å²) in [5, 5.41) is 0. The van der Waals surface area contributed by atoms with Gasteiger partial charge in [0.1, 0.15) is 5.82 Å². The Labute approximate surface area is 95.9 Å². The Morgan fingerprint density at radius 2 is 1.65 bits per heavy atom. The average Bonchev–Trinajstić information content (AvgIpc) is 2.34. The van der Waals surface area contributed by atoms with E-state index < -0.39 is 17.5 Å². The molecule has 0 fully saturated rings. The molecule has 1 aromatic carbocycles. The van der Waals surface area contributed by atoms with Crippen molar-refractivity contribution >= 4 is 0 Å². The molecule has 0 spiro atoms. The molecule has 2 rings (SSSR count). The standard InChI is InChI=1S/C12H9F3N2/c13-10-3-12(15)11(14)2-9(10)8-1-7(4-16)5-17-6-8/h1-3,5-6H,4,16H2. The van der Waals surface area contributed by atoms with Crippen molar-refractivity contribution in [2.75, 3.05) is 0 Å². The number of nitrogens with two attached hydrogens (primary N) is 1. The van der Waals surface area contributed by atoms with Crippen molar-refractivity contribution in [3.05, 3.63) is 53.6 Å². The molecule has 2 aromatic rings. The Kier molecular flexibility index (Phi) is 3.10. The first-order valence-corrected chi connectivity index (χ1v) is 4.90. The predicted octanol–water partition coefficient (Wildman–Crippen LogP) is 2.62. The van der Waals surface area contributed by atoms with Crippen LogP contribution in [0.4, 0.5) is 13.2 Å². The van der Waals surface area contributed by atoms with E-state index in [2.05, 4.69) is 4.98 Å². The zero-order valence-corrected chi connectivity index (χ0v) is 8.75. The largest absolute Gasteiger partial charge is 0.326 e. The monoisotopic (exact) mass is 238 g/mol. The molecular weight excluding hydrogens is 229 g/mol. The molecule has 0 saturated heterocycles. The summed E-state index contributed by atoms with van der Waals surface area (Å²) in [4.78, 5) is 3.86. The molecule has 88 valence electrons. The summed E-state index contributed by atoms with van der Waals surface area (Å²) in [6.45, 7) is 0.242. The van der Waals surface area contributed by atoms with E-state index in [-0.39, 0.29) is 12.1 Å². The van der Waals surface area contributed by atoms with Crippen molar-refractivity contribution in [3.63, 3.8) is 0 Å². The van der Waals surface area contributed by atoms with Crippen LogP contribution in [0.2, 0.25) is 0 Å². The van der Waals surface area contributed by atoms with Gasteiger partial charge in [0.05, 0.1) is 0 Å². The van der Waals surface area contributed by atoms with E-state index in [4.69, 9.17) is 5.73 Å². The lowest BCUT2D eigenvalue weighted by Gasteiger charge is -2.05. The third-order valence-electron chi connectivity index (χ3n) is 2.35. The Balaban J connectivity index is 2.56. The van der Waals surface area contributed by atoms with Gasteiger partial charge in [-0.1, -0.05) is 0 Å². The van der Waals surface area contributed by atoms with Crippen molar-refractivity contribution < 1.29 is 13.2 Å². The second-order valence-electron chi connectivity index (χ2n) is 3.53. The summed E-state index contributed by atoms with van der Waals surface area (Å²) >= 11 is 0. The molecule has 1 aromatic heterocycles. The topological polar surface area (TPSA) is 38.9 Å². The van der Waals surface area contributed by atoms with Crippen LogP contribution >= 0.6 is 0 Å². The maximum atomic E-state index is 13.5. The van der Waals surface area contributed by atoms with Crippen LogP contribution in [-0.2, 0) is 6.54 Å². The summed E-state index contributed by atoms with van der Waals surface area (Å²) in [6, 6.07) is 2.91. The fourth-order valence-electron chi connectivity index (χ4n) is 1.49. The molecule has 2 nitrogen and oxygen atoms in total. The molecule has 5 heteroatoms. The molecule has 2 N–H and O–H groups in total. The van der Waals surface area contributed by atoms with Gasteiger partial charge in [-0.05, 0) is 17.7 Å². The second-order valence-corrected chi connectivity index (χ2v) is 3.53. The lowest BCUT2D eigenvalue weighted by atomic mass is 10.1. The van der Waals surface area contributed by atoms with Gasteiger partial charge in [0.25, 0.3) is 0 Å². The molecule has 0 bridgehead atoms. The van der Waals surface area contributed by atoms with E-state index in [0.717, 1.165) is 6.07 Å². The number of hydrogen-bond acceptors (Lipinski definition) is 2. The van der Waals surface area contributed by atoms with Gasteiger partial charge in [0.15, 0.2) is 11.6 Å². The average molecular weight is 238 g/mol. The number of hydrogen-bond donors (Lipinski definition) is 1. The number of aromatic nitrogens is 1. The minimum atomic E-state index is -1.21. The molecule has 17 heavy (non-hydrogen) atoms. The van der Waals surface area contributed by atoms with Crippen LogP contribution in [0.3, 0.4) is 0 Å². The highest BCUT2D eigenvalue weighted by Gasteiger charge is 2.11. The van der Waals surface area contributed by atoms with Crippen LogP contribution < -0.4 is 5.73 Å². The van der Waals surface area contributed by atoms with Gasteiger partial charge in [0, 0.05) is 36.1 Å². The number of halogens is 3. The van der Waals surface area contributed by atoms with Crippen LogP contribution in [0.15, 0.2) is 30.6 Å². The smallest absolute Gasteiger partial charge is 0.161 e. The minimum Gasteiger partial charge on any atom is -0.326 e. The SMILES string of the molecule is NCc1cncc(-c2cc(F)c(F)cc2F)c1. The van der Waals surface area contributed by atoms with Crippen molar-refractivity contribution in [2.24, 2.45) is 5.73 Å². The fourth-order valence-corrected chi connectivity index (χ4v) is 1.49. The zero-order chi connectivity index (χ0) is 12.4. The summed E-state index contributed by atoms with van der Waals surface area (Å²) in [5.41, 5.74) is 6.44. The molecular formula is C12H9F3N2. The van der Waals surface area contributed by atoms with E-state index >= 15 is 0 Å². The van der Waals surface area contributed by atoms with E-state index in [1.807, 2.05) is 0 Å². The maximum absolute atomic E-state index is 13.5. The van der Waals surface area contributed by atoms with E-state index in [0.29, 0.717) is 17.2 Å². The normalized spacial score (nSPS) is 10.6. The van der Waals surface area contributed by atoms with Gasteiger partial charge in [-0.25, -0.2) is 13.2 Å². The van der Waals surface area contributed by atoms with E-state index in [1.54, 1.807) is 6.07 Å². The fraction of sp³-hybridized carbons (Fsp3) is 0.0833. The molecule has 0 atom stereocenters. The van der Waals surface area contributed by atoms with Crippen molar-refractivity contribution in [2.45, 2.75) is 6.54 Å². The molecule has 0 radical (unpaired) electrons. The molecule has 0 aliphatic rings. The van der Waals surface area contributed by atoms with Gasteiger partial charge in [-0.3, -0.25) is 4.98 Å². The number of benzene rings is 1. The summed E-state index contributed by atoms with van der Waals surface area (Å²) in [5.74, 6) is -3.14. The molecule has 1 heterocycles. The predicted molar refractivity (Wildman–Crippen MR) is 57.4 cm³/mol. The Bertz CT molecular complexity index is 555. The molecule has 0 amide bonds. The van der Waals surface area contributed by atoms with Gasteiger partial charge >= 0.3 is 0 Å². The first kappa shape index (κ1) is 11.6. The third kappa shape index (κ3) is 2.29. The number of rotatable bonds is 2. The first-order valence-electron chi connectivity index (χ1n) is 4.90. The van der Waals surface area contributed by atoms with Crippen LogP contribution in [0.1, 0.15) is 5.56 Å².